The van der Waals surface area contributed by atoms with Crippen LogP contribution in [0.4, 0.5) is 0 Å². The van der Waals surface area contributed by atoms with E-state index in [1.54, 1.807) is 0 Å². The number of epoxide rings is 1. The number of esters is 1. The van der Waals surface area contributed by atoms with Gasteiger partial charge in [-0.15, -0.1) is 0 Å². The summed E-state index contributed by atoms with van der Waals surface area (Å²) in [6.45, 7) is 9.73. The van der Waals surface area contributed by atoms with Crippen LogP contribution in [0.1, 0.15) is 79.6 Å². The maximum atomic E-state index is 11.7. The first-order valence-electron chi connectivity index (χ1n) is 12.0. The minimum absolute atomic E-state index is 0.0333. The topological polar surface area (TPSA) is 74.4 Å². The van der Waals surface area contributed by atoms with Crippen LogP contribution in [-0.2, 0) is 28.8 Å². The van der Waals surface area contributed by atoms with Crippen LogP contribution >= 0.6 is 0 Å². The molecule has 5 aliphatic rings. The molecule has 172 valence electrons. The van der Waals surface area contributed by atoms with Gasteiger partial charge in [0, 0.05) is 19.3 Å². The molecule has 1 aliphatic heterocycles. The lowest BCUT2D eigenvalue weighted by Crippen LogP contribution is -2.55. The number of hydrogen-bond donors (Lipinski definition) is 0. The zero-order valence-corrected chi connectivity index (χ0v) is 19.4. The summed E-state index contributed by atoms with van der Waals surface area (Å²) in [6, 6.07) is 0. The Morgan fingerprint density at radius 1 is 1.13 bits per heavy atom. The Bertz CT molecular complexity index is 821. The predicted octanol–water partition coefficient (Wildman–Crippen LogP) is 4.51. The highest BCUT2D eigenvalue weighted by atomic mass is 17.2. The van der Waals surface area contributed by atoms with Crippen LogP contribution in [0.15, 0.2) is 11.6 Å². The maximum absolute atomic E-state index is 11.7. The van der Waals surface area contributed by atoms with Crippen LogP contribution in [0.3, 0.4) is 0 Å². The van der Waals surface area contributed by atoms with Gasteiger partial charge >= 0.3 is 11.9 Å². The van der Waals surface area contributed by atoms with Crippen molar-refractivity contribution in [2.24, 2.45) is 28.6 Å². The van der Waals surface area contributed by atoms with Crippen molar-refractivity contribution in [1.82, 2.24) is 0 Å². The highest BCUT2D eigenvalue weighted by Crippen LogP contribution is 2.74. The number of rotatable bonds is 4. The zero-order chi connectivity index (χ0) is 22.2. The lowest BCUT2D eigenvalue weighted by atomic mass is 9.47. The van der Waals surface area contributed by atoms with Gasteiger partial charge in [-0.1, -0.05) is 25.5 Å². The van der Waals surface area contributed by atoms with Gasteiger partial charge in [-0.2, -0.15) is 4.89 Å². The lowest BCUT2D eigenvalue weighted by Gasteiger charge is -2.58. The van der Waals surface area contributed by atoms with Gasteiger partial charge in [0.05, 0.1) is 6.10 Å². The zero-order valence-electron chi connectivity index (χ0n) is 19.4. The van der Waals surface area contributed by atoms with Crippen molar-refractivity contribution in [2.75, 3.05) is 0 Å². The fraction of sp³-hybridized carbons (Fsp3) is 0.840. The molecular formula is C25H36O6. The van der Waals surface area contributed by atoms with Crippen molar-refractivity contribution in [1.29, 1.82) is 0 Å². The van der Waals surface area contributed by atoms with E-state index in [0.717, 1.165) is 38.5 Å². The smallest absolute Gasteiger partial charge is 0.339 e. The fourth-order valence-electron chi connectivity index (χ4n) is 8.40. The van der Waals surface area contributed by atoms with E-state index < -0.39 is 5.97 Å². The first-order valence-corrected chi connectivity index (χ1v) is 12.0. The molecular weight excluding hydrogens is 396 g/mol. The molecule has 4 aliphatic carbocycles. The fourth-order valence-corrected chi connectivity index (χ4v) is 8.40. The number of carbonyl (C=O) groups is 2. The van der Waals surface area contributed by atoms with Gasteiger partial charge in [0.2, 0.25) is 0 Å². The molecule has 4 fully saturated rings. The van der Waals surface area contributed by atoms with E-state index in [1.807, 2.05) is 6.92 Å². The summed E-state index contributed by atoms with van der Waals surface area (Å²) in [6.07, 6.45) is 9.80. The number of ether oxygens (including phenoxy) is 2. The molecule has 0 spiro atoms. The predicted molar refractivity (Wildman–Crippen MR) is 113 cm³/mol. The Morgan fingerprint density at radius 3 is 2.61 bits per heavy atom. The largest absolute Gasteiger partial charge is 0.460 e. The first-order chi connectivity index (χ1) is 14.6. The third kappa shape index (κ3) is 2.97. The van der Waals surface area contributed by atoms with Gasteiger partial charge in [0.1, 0.15) is 17.8 Å². The number of hydrogen-bond acceptors (Lipinski definition) is 6. The molecule has 3 saturated carbocycles. The Kier molecular flexibility index (Phi) is 4.88. The van der Waals surface area contributed by atoms with Gasteiger partial charge in [0.25, 0.3) is 0 Å². The second kappa shape index (κ2) is 7.05. The van der Waals surface area contributed by atoms with Crippen molar-refractivity contribution < 1.29 is 28.8 Å². The molecule has 0 aromatic carbocycles. The van der Waals surface area contributed by atoms with Crippen LogP contribution in [0.25, 0.3) is 0 Å². The Balaban J connectivity index is 1.36. The Labute approximate surface area is 184 Å². The van der Waals surface area contributed by atoms with E-state index in [-0.39, 0.29) is 40.7 Å². The summed E-state index contributed by atoms with van der Waals surface area (Å²) in [7, 11) is 0. The highest BCUT2D eigenvalue weighted by molar-refractivity contribution is 5.66. The second-order valence-corrected chi connectivity index (χ2v) is 11.1. The molecule has 5 rings (SSSR count). The summed E-state index contributed by atoms with van der Waals surface area (Å²) in [5, 5.41) is 0. The molecule has 0 N–H and O–H groups in total. The van der Waals surface area contributed by atoms with E-state index in [2.05, 4.69) is 19.9 Å². The molecule has 0 amide bonds. The minimum atomic E-state index is -0.392. The Morgan fingerprint density at radius 2 is 1.90 bits per heavy atom. The van der Waals surface area contributed by atoms with Crippen molar-refractivity contribution in [3.05, 3.63) is 11.6 Å². The molecule has 1 saturated heterocycles. The quantitative estimate of drug-likeness (QED) is 0.214. The standard InChI is InChI=1S/C25H36O6/c1-14(28-15(2)26)25-22(29-25)13-21-19-7-6-17-12-18(31-30-16(3)27)8-10-23(17,4)20(19)9-11-24(21,25)5/h6,14,18-22H,7-13H2,1-5H3. The number of carbonyl (C=O) groups excluding carboxylic acids is 2. The Hall–Kier alpha value is -1.40. The molecule has 0 aromatic heterocycles. The molecule has 0 bridgehead atoms. The highest BCUT2D eigenvalue weighted by Gasteiger charge is 2.79. The third-order valence-corrected chi connectivity index (χ3v) is 9.82. The van der Waals surface area contributed by atoms with Gasteiger partial charge in [-0.05, 0) is 75.0 Å². The van der Waals surface area contributed by atoms with E-state index in [4.69, 9.17) is 19.2 Å². The lowest BCUT2D eigenvalue weighted by molar-refractivity contribution is -0.300. The third-order valence-electron chi connectivity index (χ3n) is 9.82. The summed E-state index contributed by atoms with van der Waals surface area (Å²) in [5.74, 6) is 1.31. The molecule has 1 heterocycles. The van der Waals surface area contributed by atoms with Gasteiger partial charge in [-0.3, -0.25) is 9.68 Å². The van der Waals surface area contributed by atoms with Gasteiger partial charge < -0.3 is 9.47 Å². The van der Waals surface area contributed by atoms with Crippen molar-refractivity contribution >= 4 is 11.9 Å². The molecule has 31 heavy (non-hydrogen) atoms. The SMILES string of the molecule is CC(=O)OOC1CCC2(C)C(=CCC3C2CCC2(C)C3CC3OC32C(C)OC(C)=O)C1. The summed E-state index contributed by atoms with van der Waals surface area (Å²) >= 11 is 0. The molecule has 6 heteroatoms. The van der Waals surface area contributed by atoms with Crippen LogP contribution in [-0.4, -0.2) is 35.9 Å². The molecule has 9 unspecified atom stereocenters. The van der Waals surface area contributed by atoms with Crippen LogP contribution in [0.5, 0.6) is 0 Å². The summed E-state index contributed by atoms with van der Waals surface area (Å²) in [5.41, 5.74) is 1.45. The number of allylic oxidation sites excluding steroid dienone is 1. The average molecular weight is 433 g/mol. The summed E-state index contributed by atoms with van der Waals surface area (Å²) in [4.78, 5) is 33.0. The maximum Gasteiger partial charge on any atom is 0.339 e. The summed E-state index contributed by atoms with van der Waals surface area (Å²) < 4.78 is 12.0. The minimum Gasteiger partial charge on any atom is -0.460 e. The number of fused-ring (bicyclic) bond motifs is 7. The first kappa shape index (κ1) is 21.4. The van der Waals surface area contributed by atoms with Crippen LogP contribution in [0, 0.1) is 28.6 Å². The molecule has 6 nitrogen and oxygen atoms in total. The van der Waals surface area contributed by atoms with E-state index in [9.17, 15) is 9.59 Å². The monoisotopic (exact) mass is 432 g/mol. The van der Waals surface area contributed by atoms with Crippen molar-refractivity contribution in [2.45, 2.75) is 103 Å². The normalized spacial score (nSPS) is 48.3. The average Bonchev–Trinajstić information content (AvgIpc) is 3.38. The van der Waals surface area contributed by atoms with E-state index in [1.165, 1.54) is 25.8 Å². The van der Waals surface area contributed by atoms with Crippen molar-refractivity contribution in [3.63, 3.8) is 0 Å². The van der Waals surface area contributed by atoms with Crippen LogP contribution in [0.2, 0.25) is 0 Å². The molecule has 0 aromatic rings. The van der Waals surface area contributed by atoms with E-state index in [0.29, 0.717) is 17.8 Å². The van der Waals surface area contributed by atoms with Gasteiger partial charge in [-0.25, -0.2) is 4.79 Å². The molecule has 0 radical (unpaired) electrons. The van der Waals surface area contributed by atoms with E-state index >= 15 is 0 Å². The van der Waals surface area contributed by atoms with Crippen molar-refractivity contribution in [3.8, 4) is 0 Å². The van der Waals surface area contributed by atoms with Gasteiger partial charge in [0.15, 0.2) is 0 Å². The molecule has 9 atom stereocenters. The van der Waals surface area contributed by atoms with Crippen LogP contribution < -0.4 is 0 Å². The second-order valence-electron chi connectivity index (χ2n) is 11.1.